The molecular formula is C14H8ClFS. The molecule has 0 bridgehead atoms. The van der Waals surface area contributed by atoms with Crippen LogP contribution in [0.4, 0.5) is 4.39 Å². The number of hydrogen-bond donors (Lipinski definition) is 0. The summed E-state index contributed by atoms with van der Waals surface area (Å²) in [6, 6.07) is 14.6. The molecule has 0 aliphatic carbocycles. The summed E-state index contributed by atoms with van der Waals surface area (Å²) in [6.45, 7) is 0. The molecule has 0 spiro atoms. The molecule has 0 radical (unpaired) electrons. The van der Waals surface area contributed by atoms with Gasteiger partial charge in [-0.05, 0) is 41.3 Å². The van der Waals surface area contributed by atoms with Crippen molar-refractivity contribution in [2.45, 2.75) is 0 Å². The molecule has 0 aliphatic heterocycles. The first-order chi connectivity index (χ1) is 8.22. The molecule has 0 amide bonds. The van der Waals surface area contributed by atoms with Crippen LogP contribution in [0, 0.1) is 5.82 Å². The van der Waals surface area contributed by atoms with Gasteiger partial charge in [-0.3, -0.25) is 0 Å². The number of rotatable bonds is 1. The Balaban J connectivity index is 2.14. The monoisotopic (exact) mass is 262 g/mol. The van der Waals surface area contributed by atoms with E-state index in [4.69, 9.17) is 11.6 Å². The molecule has 0 fully saturated rings. The van der Waals surface area contributed by atoms with Crippen molar-refractivity contribution < 1.29 is 4.39 Å². The molecular weight excluding hydrogens is 255 g/mol. The molecule has 0 saturated carbocycles. The minimum atomic E-state index is -0.193. The Morgan fingerprint density at radius 1 is 0.941 bits per heavy atom. The van der Waals surface area contributed by atoms with Crippen LogP contribution in [-0.4, -0.2) is 0 Å². The zero-order valence-corrected chi connectivity index (χ0v) is 10.4. The highest BCUT2D eigenvalue weighted by molar-refractivity contribution is 7.22. The van der Waals surface area contributed by atoms with E-state index in [-0.39, 0.29) is 5.82 Å². The second-order valence-electron chi connectivity index (χ2n) is 3.80. The van der Waals surface area contributed by atoms with Gasteiger partial charge in [0.05, 0.1) is 0 Å². The van der Waals surface area contributed by atoms with E-state index in [2.05, 4.69) is 6.07 Å². The van der Waals surface area contributed by atoms with Gasteiger partial charge in [0.2, 0.25) is 0 Å². The van der Waals surface area contributed by atoms with Gasteiger partial charge in [0, 0.05) is 14.6 Å². The zero-order valence-electron chi connectivity index (χ0n) is 8.78. The minimum absolute atomic E-state index is 0.193. The summed E-state index contributed by atoms with van der Waals surface area (Å²) < 4.78 is 14.1. The fourth-order valence-electron chi connectivity index (χ4n) is 1.76. The van der Waals surface area contributed by atoms with Gasteiger partial charge in [0.15, 0.2) is 0 Å². The van der Waals surface area contributed by atoms with Gasteiger partial charge in [-0.1, -0.05) is 29.8 Å². The molecule has 17 heavy (non-hydrogen) atoms. The average molecular weight is 263 g/mol. The van der Waals surface area contributed by atoms with Crippen LogP contribution in [0.3, 0.4) is 0 Å². The van der Waals surface area contributed by atoms with Crippen LogP contribution in [0.2, 0.25) is 5.02 Å². The molecule has 3 heteroatoms. The predicted octanol–water partition coefficient (Wildman–Crippen LogP) is 5.36. The Labute approximate surface area is 107 Å². The maximum absolute atomic E-state index is 13.1. The Morgan fingerprint density at radius 3 is 2.47 bits per heavy atom. The highest BCUT2D eigenvalue weighted by Crippen LogP contribution is 2.34. The Morgan fingerprint density at radius 2 is 1.71 bits per heavy atom. The largest absolute Gasteiger partial charge is 0.207 e. The van der Waals surface area contributed by atoms with Gasteiger partial charge in [-0.25, -0.2) is 4.39 Å². The van der Waals surface area contributed by atoms with E-state index in [1.807, 2.05) is 24.3 Å². The summed E-state index contributed by atoms with van der Waals surface area (Å²) in [6.07, 6.45) is 0. The fourth-order valence-corrected chi connectivity index (χ4v) is 2.98. The van der Waals surface area contributed by atoms with E-state index in [1.165, 1.54) is 6.07 Å². The highest BCUT2D eigenvalue weighted by Gasteiger charge is 2.05. The van der Waals surface area contributed by atoms with Gasteiger partial charge in [0.25, 0.3) is 0 Å². The van der Waals surface area contributed by atoms with Crippen LogP contribution in [0.25, 0.3) is 20.5 Å². The lowest BCUT2D eigenvalue weighted by Crippen LogP contribution is -1.70. The highest BCUT2D eigenvalue weighted by atomic mass is 35.5. The van der Waals surface area contributed by atoms with Crippen molar-refractivity contribution in [3.63, 3.8) is 0 Å². The van der Waals surface area contributed by atoms with Crippen molar-refractivity contribution in [1.82, 2.24) is 0 Å². The van der Waals surface area contributed by atoms with Crippen molar-refractivity contribution >= 4 is 33.0 Å². The Bertz CT molecular complexity index is 670. The maximum Gasteiger partial charge on any atom is 0.124 e. The molecule has 0 aliphatic rings. The van der Waals surface area contributed by atoms with Crippen LogP contribution < -0.4 is 0 Å². The van der Waals surface area contributed by atoms with E-state index in [0.717, 1.165) is 25.5 Å². The zero-order chi connectivity index (χ0) is 11.8. The number of fused-ring (bicyclic) bond motifs is 1. The quantitative estimate of drug-likeness (QED) is 0.554. The third-order valence-corrected chi connectivity index (χ3v) is 4.01. The van der Waals surface area contributed by atoms with Crippen LogP contribution in [0.1, 0.15) is 0 Å². The predicted molar refractivity (Wildman–Crippen MR) is 72.2 cm³/mol. The van der Waals surface area contributed by atoms with E-state index in [0.29, 0.717) is 0 Å². The van der Waals surface area contributed by atoms with Gasteiger partial charge in [-0.2, -0.15) is 0 Å². The number of halogens is 2. The van der Waals surface area contributed by atoms with Crippen molar-refractivity contribution in [1.29, 1.82) is 0 Å². The van der Waals surface area contributed by atoms with Crippen LogP contribution >= 0.6 is 22.9 Å². The second kappa shape index (κ2) is 4.13. The SMILES string of the molecule is Fc1ccc2cc(-c3ccc(Cl)cc3)sc2c1. The third kappa shape index (κ3) is 2.06. The first-order valence-corrected chi connectivity index (χ1v) is 6.37. The maximum atomic E-state index is 13.1. The lowest BCUT2D eigenvalue weighted by atomic mass is 10.1. The van der Waals surface area contributed by atoms with Crippen molar-refractivity contribution in [2.24, 2.45) is 0 Å². The lowest BCUT2D eigenvalue weighted by Gasteiger charge is -1.95. The van der Waals surface area contributed by atoms with Crippen LogP contribution in [0.5, 0.6) is 0 Å². The number of hydrogen-bond acceptors (Lipinski definition) is 1. The fraction of sp³-hybridized carbons (Fsp3) is 0. The van der Waals surface area contributed by atoms with Gasteiger partial charge >= 0.3 is 0 Å². The normalized spacial score (nSPS) is 10.9. The van der Waals surface area contributed by atoms with E-state index in [9.17, 15) is 4.39 Å². The molecule has 0 saturated heterocycles. The van der Waals surface area contributed by atoms with Crippen LogP contribution in [0.15, 0.2) is 48.5 Å². The average Bonchev–Trinajstić information content (AvgIpc) is 2.72. The smallest absolute Gasteiger partial charge is 0.124 e. The molecule has 1 heterocycles. The lowest BCUT2D eigenvalue weighted by molar-refractivity contribution is 0.630. The summed E-state index contributed by atoms with van der Waals surface area (Å²) >= 11 is 7.44. The van der Waals surface area contributed by atoms with Gasteiger partial charge in [0.1, 0.15) is 5.82 Å². The summed E-state index contributed by atoms with van der Waals surface area (Å²) in [5.41, 5.74) is 1.11. The molecule has 84 valence electrons. The minimum Gasteiger partial charge on any atom is -0.207 e. The third-order valence-electron chi connectivity index (χ3n) is 2.61. The van der Waals surface area contributed by atoms with Gasteiger partial charge in [-0.15, -0.1) is 11.3 Å². The van der Waals surface area contributed by atoms with Crippen LogP contribution in [-0.2, 0) is 0 Å². The topological polar surface area (TPSA) is 0 Å². The second-order valence-corrected chi connectivity index (χ2v) is 5.32. The molecule has 3 rings (SSSR count). The van der Waals surface area contributed by atoms with E-state index >= 15 is 0 Å². The van der Waals surface area contributed by atoms with E-state index in [1.54, 1.807) is 23.5 Å². The van der Waals surface area contributed by atoms with Gasteiger partial charge < -0.3 is 0 Å². The Kier molecular flexibility index (Phi) is 2.61. The molecule has 0 atom stereocenters. The molecule has 2 aromatic carbocycles. The number of benzene rings is 2. The van der Waals surface area contributed by atoms with E-state index < -0.39 is 0 Å². The molecule has 0 unspecified atom stereocenters. The molecule has 1 aromatic heterocycles. The molecule has 3 aromatic rings. The summed E-state index contributed by atoms with van der Waals surface area (Å²) in [5, 5.41) is 1.79. The molecule has 0 N–H and O–H groups in total. The van der Waals surface area contributed by atoms with Crippen molar-refractivity contribution in [3.05, 3.63) is 59.4 Å². The summed E-state index contributed by atoms with van der Waals surface area (Å²) in [5.74, 6) is -0.193. The first kappa shape index (κ1) is 10.8. The molecule has 0 nitrogen and oxygen atoms in total. The summed E-state index contributed by atoms with van der Waals surface area (Å²) in [4.78, 5) is 1.13. The Hall–Kier alpha value is -1.38. The summed E-state index contributed by atoms with van der Waals surface area (Å²) in [7, 11) is 0. The van der Waals surface area contributed by atoms with Crippen molar-refractivity contribution in [2.75, 3.05) is 0 Å². The first-order valence-electron chi connectivity index (χ1n) is 5.17. The standard InChI is InChI=1S/C14H8ClFS/c15-11-4-1-9(2-5-11)13-7-10-3-6-12(16)8-14(10)17-13/h1-8H. The number of thiophene rings is 1. The van der Waals surface area contributed by atoms with Crippen molar-refractivity contribution in [3.8, 4) is 10.4 Å².